The standard InChI is InChI=1S/C13H27NO2S/c1-10(2)12(9-14-13-5-6-13)7-8-17(15,16)11(3)4/h10-14H,5-9H2,1-4H3. The molecular weight excluding hydrogens is 234 g/mol. The van der Waals surface area contributed by atoms with Gasteiger partial charge in [-0.25, -0.2) is 8.42 Å². The van der Waals surface area contributed by atoms with Gasteiger partial charge in [0.15, 0.2) is 9.84 Å². The molecule has 1 aliphatic rings. The first-order valence-electron chi connectivity index (χ1n) is 6.78. The maximum atomic E-state index is 11.8. The summed E-state index contributed by atoms with van der Waals surface area (Å²) >= 11 is 0. The van der Waals surface area contributed by atoms with E-state index in [1.165, 1.54) is 12.8 Å². The van der Waals surface area contributed by atoms with E-state index in [9.17, 15) is 8.42 Å². The Balaban J connectivity index is 2.37. The summed E-state index contributed by atoms with van der Waals surface area (Å²) < 4.78 is 23.6. The van der Waals surface area contributed by atoms with Gasteiger partial charge in [-0.2, -0.15) is 0 Å². The van der Waals surface area contributed by atoms with E-state index in [-0.39, 0.29) is 5.25 Å². The van der Waals surface area contributed by atoms with Gasteiger partial charge in [-0.1, -0.05) is 13.8 Å². The van der Waals surface area contributed by atoms with Crippen molar-refractivity contribution in [3.05, 3.63) is 0 Å². The summed E-state index contributed by atoms with van der Waals surface area (Å²) in [4.78, 5) is 0. The predicted octanol–water partition coefficient (Wildman–Crippen LogP) is 2.22. The molecular formula is C13H27NO2S. The number of hydrogen-bond donors (Lipinski definition) is 1. The van der Waals surface area contributed by atoms with Gasteiger partial charge in [0.25, 0.3) is 0 Å². The first-order valence-corrected chi connectivity index (χ1v) is 8.49. The fourth-order valence-corrected chi connectivity index (χ4v) is 2.93. The third-order valence-electron chi connectivity index (χ3n) is 3.68. The number of sulfone groups is 1. The zero-order chi connectivity index (χ0) is 13.1. The molecule has 0 amide bonds. The average Bonchev–Trinajstić information content (AvgIpc) is 3.00. The molecule has 3 nitrogen and oxygen atoms in total. The van der Waals surface area contributed by atoms with E-state index in [2.05, 4.69) is 19.2 Å². The molecule has 0 aromatic rings. The molecule has 0 aromatic carbocycles. The molecule has 0 aromatic heterocycles. The molecule has 17 heavy (non-hydrogen) atoms. The Hall–Kier alpha value is -0.0900. The van der Waals surface area contributed by atoms with Crippen molar-refractivity contribution in [2.75, 3.05) is 12.3 Å². The highest BCUT2D eigenvalue weighted by Gasteiger charge is 2.24. The number of hydrogen-bond acceptors (Lipinski definition) is 3. The first-order chi connectivity index (χ1) is 7.83. The maximum absolute atomic E-state index is 11.8. The van der Waals surface area contributed by atoms with Crippen molar-refractivity contribution in [2.24, 2.45) is 11.8 Å². The van der Waals surface area contributed by atoms with Gasteiger partial charge in [0.1, 0.15) is 0 Å². The van der Waals surface area contributed by atoms with Gasteiger partial charge >= 0.3 is 0 Å². The number of nitrogens with one attached hydrogen (secondary N) is 1. The summed E-state index contributed by atoms with van der Waals surface area (Å²) in [6.07, 6.45) is 3.36. The fourth-order valence-electron chi connectivity index (χ4n) is 1.83. The lowest BCUT2D eigenvalue weighted by Crippen LogP contribution is -2.30. The molecule has 0 saturated heterocycles. The summed E-state index contributed by atoms with van der Waals surface area (Å²) in [7, 11) is -2.88. The molecule has 1 atom stereocenters. The van der Waals surface area contributed by atoms with Crippen molar-refractivity contribution in [2.45, 2.75) is 58.2 Å². The molecule has 0 bridgehead atoms. The minimum absolute atomic E-state index is 0.244. The normalized spacial score (nSPS) is 18.9. The van der Waals surface area contributed by atoms with Crippen LogP contribution in [-0.4, -0.2) is 32.0 Å². The maximum Gasteiger partial charge on any atom is 0.152 e. The highest BCUT2D eigenvalue weighted by molar-refractivity contribution is 7.91. The Kier molecular flexibility index (Phi) is 5.45. The van der Waals surface area contributed by atoms with E-state index < -0.39 is 9.84 Å². The second-order valence-electron chi connectivity index (χ2n) is 5.89. The van der Waals surface area contributed by atoms with Gasteiger partial charge in [0, 0.05) is 6.04 Å². The van der Waals surface area contributed by atoms with Crippen LogP contribution in [-0.2, 0) is 9.84 Å². The molecule has 1 aliphatic carbocycles. The zero-order valence-electron chi connectivity index (χ0n) is 11.6. The van der Waals surface area contributed by atoms with Crippen LogP contribution in [0.2, 0.25) is 0 Å². The van der Waals surface area contributed by atoms with Crippen LogP contribution >= 0.6 is 0 Å². The van der Waals surface area contributed by atoms with Gasteiger partial charge in [-0.05, 0) is 51.5 Å². The van der Waals surface area contributed by atoms with Crippen LogP contribution in [0.4, 0.5) is 0 Å². The van der Waals surface area contributed by atoms with Crippen LogP contribution in [0.5, 0.6) is 0 Å². The van der Waals surface area contributed by atoms with Gasteiger partial charge in [0.2, 0.25) is 0 Å². The van der Waals surface area contributed by atoms with Gasteiger partial charge in [0.05, 0.1) is 11.0 Å². The molecule has 0 spiro atoms. The van der Waals surface area contributed by atoms with Crippen molar-refractivity contribution >= 4 is 9.84 Å². The molecule has 4 heteroatoms. The molecule has 0 radical (unpaired) electrons. The van der Waals surface area contributed by atoms with E-state index >= 15 is 0 Å². The van der Waals surface area contributed by atoms with Crippen molar-refractivity contribution in [1.29, 1.82) is 0 Å². The van der Waals surface area contributed by atoms with Crippen molar-refractivity contribution < 1.29 is 8.42 Å². The van der Waals surface area contributed by atoms with Gasteiger partial charge in [-0.15, -0.1) is 0 Å². The third-order valence-corrected chi connectivity index (χ3v) is 5.92. The Morgan fingerprint density at radius 3 is 2.18 bits per heavy atom. The molecule has 1 fully saturated rings. The summed E-state index contributed by atoms with van der Waals surface area (Å²) in [5.41, 5.74) is 0. The topological polar surface area (TPSA) is 46.2 Å². The predicted molar refractivity (Wildman–Crippen MR) is 72.9 cm³/mol. The minimum Gasteiger partial charge on any atom is -0.314 e. The summed E-state index contributed by atoms with van der Waals surface area (Å²) in [6, 6.07) is 0.706. The van der Waals surface area contributed by atoms with Crippen molar-refractivity contribution in [3.63, 3.8) is 0 Å². The van der Waals surface area contributed by atoms with E-state index in [0.717, 1.165) is 13.0 Å². The minimum atomic E-state index is -2.88. The van der Waals surface area contributed by atoms with E-state index in [4.69, 9.17) is 0 Å². The Morgan fingerprint density at radius 1 is 1.18 bits per heavy atom. The Bertz CT molecular complexity index is 318. The zero-order valence-corrected chi connectivity index (χ0v) is 12.4. The van der Waals surface area contributed by atoms with Crippen LogP contribution in [0.15, 0.2) is 0 Å². The second kappa shape index (κ2) is 6.19. The molecule has 1 N–H and O–H groups in total. The quantitative estimate of drug-likeness (QED) is 0.729. The summed E-state index contributed by atoms with van der Waals surface area (Å²) in [5, 5.41) is 3.26. The van der Waals surface area contributed by atoms with E-state index in [1.54, 1.807) is 13.8 Å². The Morgan fingerprint density at radius 2 is 1.76 bits per heavy atom. The summed E-state index contributed by atoms with van der Waals surface area (Å²) in [5.74, 6) is 1.35. The lowest BCUT2D eigenvalue weighted by molar-refractivity contribution is 0.351. The largest absolute Gasteiger partial charge is 0.314 e. The highest BCUT2D eigenvalue weighted by atomic mass is 32.2. The lowest BCUT2D eigenvalue weighted by atomic mass is 9.93. The van der Waals surface area contributed by atoms with Crippen LogP contribution in [0, 0.1) is 11.8 Å². The van der Waals surface area contributed by atoms with Crippen molar-refractivity contribution in [3.8, 4) is 0 Å². The van der Waals surface area contributed by atoms with E-state index in [1.807, 2.05) is 0 Å². The SMILES string of the molecule is CC(C)C(CCS(=O)(=O)C(C)C)CNC1CC1. The number of rotatable bonds is 8. The lowest BCUT2D eigenvalue weighted by Gasteiger charge is -2.21. The molecule has 0 heterocycles. The fraction of sp³-hybridized carbons (Fsp3) is 1.00. The third kappa shape index (κ3) is 5.38. The van der Waals surface area contributed by atoms with Crippen molar-refractivity contribution in [1.82, 2.24) is 5.32 Å². The monoisotopic (exact) mass is 261 g/mol. The molecule has 0 aliphatic heterocycles. The Labute approximate surface area is 106 Å². The molecule has 1 saturated carbocycles. The molecule has 1 unspecified atom stereocenters. The van der Waals surface area contributed by atoms with E-state index in [0.29, 0.717) is 23.6 Å². The summed E-state index contributed by atoms with van der Waals surface area (Å²) in [6.45, 7) is 8.86. The highest BCUT2D eigenvalue weighted by Crippen LogP contribution is 2.22. The second-order valence-corrected chi connectivity index (χ2v) is 8.57. The van der Waals surface area contributed by atoms with Gasteiger partial charge in [-0.3, -0.25) is 0 Å². The average molecular weight is 261 g/mol. The smallest absolute Gasteiger partial charge is 0.152 e. The van der Waals surface area contributed by atoms with Crippen LogP contribution in [0.25, 0.3) is 0 Å². The molecule has 102 valence electrons. The first kappa shape index (κ1) is 15.0. The molecule has 1 rings (SSSR count). The van der Waals surface area contributed by atoms with Gasteiger partial charge < -0.3 is 5.32 Å². The van der Waals surface area contributed by atoms with Crippen LogP contribution in [0.3, 0.4) is 0 Å². The van der Waals surface area contributed by atoms with Crippen LogP contribution < -0.4 is 5.32 Å². The van der Waals surface area contributed by atoms with Crippen LogP contribution in [0.1, 0.15) is 47.0 Å².